The van der Waals surface area contributed by atoms with Crippen LogP contribution in [-0.2, 0) is 11.3 Å². The van der Waals surface area contributed by atoms with Gasteiger partial charge in [-0.1, -0.05) is 5.16 Å². The molecule has 0 amide bonds. The minimum Gasteiger partial charge on any atom is -0.378 e. The van der Waals surface area contributed by atoms with Crippen LogP contribution in [0.4, 0.5) is 0 Å². The fraction of sp³-hybridized carbons (Fsp3) is 0.769. The highest BCUT2D eigenvalue weighted by Gasteiger charge is 2.49. The Kier molecular flexibility index (Phi) is 3.38. The molecule has 4 nitrogen and oxygen atoms in total. The molecule has 1 aromatic rings. The van der Waals surface area contributed by atoms with Crippen molar-refractivity contribution in [2.75, 3.05) is 25.4 Å². The van der Waals surface area contributed by atoms with Gasteiger partial charge in [0.1, 0.15) is 5.76 Å². The first-order valence-electron chi connectivity index (χ1n) is 6.59. The quantitative estimate of drug-likeness (QED) is 0.836. The van der Waals surface area contributed by atoms with Gasteiger partial charge in [-0.2, -0.15) is 0 Å². The maximum Gasteiger partial charge on any atom is 0.133 e. The summed E-state index contributed by atoms with van der Waals surface area (Å²) in [5.74, 6) is 2.05. The van der Waals surface area contributed by atoms with Crippen molar-refractivity contribution in [1.29, 1.82) is 0 Å². The van der Waals surface area contributed by atoms with Crippen LogP contribution in [0.1, 0.15) is 24.8 Å². The summed E-state index contributed by atoms with van der Waals surface area (Å²) in [7, 11) is 0. The van der Waals surface area contributed by atoms with Crippen LogP contribution in [0.2, 0.25) is 0 Å². The molecule has 1 atom stereocenters. The van der Waals surface area contributed by atoms with Crippen molar-refractivity contribution in [2.45, 2.75) is 37.7 Å². The molecule has 2 aliphatic rings. The second kappa shape index (κ2) is 4.87. The number of hydrogen-bond acceptors (Lipinski definition) is 5. The van der Waals surface area contributed by atoms with Crippen molar-refractivity contribution in [3.8, 4) is 0 Å². The highest BCUT2D eigenvalue weighted by Crippen LogP contribution is 2.46. The summed E-state index contributed by atoms with van der Waals surface area (Å²) >= 11 is 2.09. The zero-order valence-corrected chi connectivity index (χ0v) is 11.8. The van der Waals surface area contributed by atoms with Gasteiger partial charge >= 0.3 is 0 Å². The molecule has 2 saturated heterocycles. The van der Waals surface area contributed by atoms with Gasteiger partial charge in [0.2, 0.25) is 0 Å². The summed E-state index contributed by atoms with van der Waals surface area (Å²) in [5, 5.41) is 4.05. The summed E-state index contributed by atoms with van der Waals surface area (Å²) < 4.78 is 11.3. The first kappa shape index (κ1) is 12.5. The van der Waals surface area contributed by atoms with E-state index in [0.717, 1.165) is 43.4 Å². The summed E-state index contributed by atoms with van der Waals surface area (Å²) in [6, 6.07) is 2.02. The van der Waals surface area contributed by atoms with Crippen molar-refractivity contribution in [2.24, 2.45) is 0 Å². The standard InChI is InChI=1S/C13H20N2O2S/c1-3-16-12-5-13(18-7-12)8-15(9-13)6-11-4-10(2)17-14-11/h4,12H,3,5-9H2,1-2H3. The summed E-state index contributed by atoms with van der Waals surface area (Å²) in [5.41, 5.74) is 1.05. The van der Waals surface area contributed by atoms with E-state index in [4.69, 9.17) is 9.26 Å². The lowest BCUT2D eigenvalue weighted by Gasteiger charge is -2.47. The zero-order chi connectivity index (χ0) is 12.6. The fourth-order valence-corrected chi connectivity index (χ4v) is 4.57. The molecule has 0 aliphatic carbocycles. The van der Waals surface area contributed by atoms with Crippen LogP contribution in [0, 0.1) is 6.92 Å². The lowest BCUT2D eigenvalue weighted by Crippen LogP contribution is -2.58. The zero-order valence-electron chi connectivity index (χ0n) is 11.0. The number of thioether (sulfide) groups is 1. The van der Waals surface area contributed by atoms with E-state index >= 15 is 0 Å². The average molecular weight is 268 g/mol. The molecule has 2 fully saturated rings. The third-order valence-electron chi connectivity index (χ3n) is 3.66. The fourth-order valence-electron chi connectivity index (χ4n) is 2.97. The van der Waals surface area contributed by atoms with Gasteiger partial charge in [-0.05, 0) is 20.3 Å². The first-order chi connectivity index (χ1) is 8.69. The molecule has 3 rings (SSSR count). The van der Waals surface area contributed by atoms with Crippen LogP contribution in [0.3, 0.4) is 0 Å². The van der Waals surface area contributed by atoms with Gasteiger partial charge in [-0.25, -0.2) is 0 Å². The number of aryl methyl sites for hydroxylation is 1. The van der Waals surface area contributed by atoms with Crippen LogP contribution in [0.15, 0.2) is 10.6 Å². The van der Waals surface area contributed by atoms with Crippen LogP contribution >= 0.6 is 11.8 Å². The predicted molar refractivity (Wildman–Crippen MR) is 71.7 cm³/mol. The molecule has 0 N–H and O–H groups in total. The van der Waals surface area contributed by atoms with Crippen molar-refractivity contribution < 1.29 is 9.26 Å². The van der Waals surface area contributed by atoms with Crippen molar-refractivity contribution in [3.05, 3.63) is 17.5 Å². The Morgan fingerprint density at radius 1 is 1.61 bits per heavy atom. The first-order valence-corrected chi connectivity index (χ1v) is 7.58. The van der Waals surface area contributed by atoms with Gasteiger partial charge in [0.05, 0.1) is 11.8 Å². The van der Waals surface area contributed by atoms with Gasteiger partial charge in [0.15, 0.2) is 0 Å². The molecule has 3 heterocycles. The average Bonchev–Trinajstić information content (AvgIpc) is 2.86. The second-order valence-corrected chi connectivity index (χ2v) is 6.84. The summed E-state index contributed by atoms with van der Waals surface area (Å²) in [4.78, 5) is 2.44. The number of hydrogen-bond donors (Lipinski definition) is 0. The molecule has 18 heavy (non-hydrogen) atoms. The third kappa shape index (κ3) is 2.44. The number of likely N-dealkylation sites (tertiary alicyclic amines) is 1. The monoisotopic (exact) mass is 268 g/mol. The van der Waals surface area contributed by atoms with E-state index in [0.29, 0.717) is 10.9 Å². The molecule has 1 aromatic heterocycles. The van der Waals surface area contributed by atoms with Crippen LogP contribution in [0.25, 0.3) is 0 Å². The van der Waals surface area contributed by atoms with E-state index < -0.39 is 0 Å². The van der Waals surface area contributed by atoms with E-state index in [1.165, 1.54) is 6.42 Å². The van der Waals surface area contributed by atoms with Crippen molar-refractivity contribution >= 4 is 11.8 Å². The van der Waals surface area contributed by atoms with E-state index in [1.54, 1.807) is 0 Å². The molecule has 0 aromatic carbocycles. The van der Waals surface area contributed by atoms with Crippen LogP contribution in [0.5, 0.6) is 0 Å². The van der Waals surface area contributed by atoms with E-state index in [9.17, 15) is 0 Å². The third-order valence-corrected chi connectivity index (χ3v) is 5.24. The number of ether oxygens (including phenoxy) is 1. The molecule has 0 bridgehead atoms. The minimum atomic E-state index is 0.457. The molecule has 100 valence electrons. The minimum absolute atomic E-state index is 0.457. The summed E-state index contributed by atoms with van der Waals surface area (Å²) in [6.07, 6.45) is 1.68. The maximum absolute atomic E-state index is 5.72. The molecule has 5 heteroatoms. The molecule has 1 unspecified atom stereocenters. The number of rotatable bonds is 4. The Hall–Kier alpha value is -0.520. The lowest BCUT2D eigenvalue weighted by atomic mass is 9.93. The predicted octanol–water partition coefficient (Wildman–Crippen LogP) is 2.08. The maximum atomic E-state index is 5.72. The lowest BCUT2D eigenvalue weighted by molar-refractivity contribution is 0.0411. The normalized spacial score (nSPS) is 26.7. The molecule has 0 radical (unpaired) electrons. The van der Waals surface area contributed by atoms with Gasteiger partial charge in [0, 0.05) is 42.8 Å². The number of nitrogens with zero attached hydrogens (tertiary/aromatic N) is 2. The Labute approximate surface area is 112 Å². The molecular weight excluding hydrogens is 248 g/mol. The largest absolute Gasteiger partial charge is 0.378 e. The van der Waals surface area contributed by atoms with E-state index in [-0.39, 0.29) is 0 Å². The van der Waals surface area contributed by atoms with E-state index in [1.807, 2.05) is 13.0 Å². The Morgan fingerprint density at radius 3 is 3.11 bits per heavy atom. The molecule has 0 saturated carbocycles. The van der Waals surface area contributed by atoms with Gasteiger partial charge in [-0.15, -0.1) is 11.8 Å². The second-order valence-electron chi connectivity index (χ2n) is 5.35. The highest BCUT2D eigenvalue weighted by molar-refractivity contribution is 8.01. The summed E-state index contributed by atoms with van der Waals surface area (Å²) in [6.45, 7) is 8.09. The highest BCUT2D eigenvalue weighted by atomic mass is 32.2. The molecule has 1 spiro atoms. The van der Waals surface area contributed by atoms with Crippen molar-refractivity contribution in [1.82, 2.24) is 10.1 Å². The number of aromatic nitrogens is 1. The topological polar surface area (TPSA) is 38.5 Å². The van der Waals surface area contributed by atoms with Gasteiger partial charge in [-0.3, -0.25) is 4.90 Å². The van der Waals surface area contributed by atoms with Gasteiger partial charge in [0.25, 0.3) is 0 Å². The van der Waals surface area contributed by atoms with E-state index in [2.05, 4.69) is 28.7 Å². The Morgan fingerprint density at radius 2 is 2.44 bits per heavy atom. The Bertz CT molecular complexity index is 415. The van der Waals surface area contributed by atoms with Crippen LogP contribution in [-0.4, -0.2) is 46.4 Å². The van der Waals surface area contributed by atoms with Gasteiger partial charge < -0.3 is 9.26 Å². The van der Waals surface area contributed by atoms with Crippen LogP contribution < -0.4 is 0 Å². The molecular formula is C13H20N2O2S. The van der Waals surface area contributed by atoms with Crippen molar-refractivity contribution in [3.63, 3.8) is 0 Å². The Balaban J connectivity index is 1.48. The smallest absolute Gasteiger partial charge is 0.133 e. The SMILES string of the molecule is CCOC1CSC2(C1)CN(Cc1cc(C)on1)C2. The molecule has 2 aliphatic heterocycles.